The first kappa shape index (κ1) is 16.0. The summed E-state index contributed by atoms with van der Waals surface area (Å²) in [6.45, 7) is 0. The van der Waals surface area contributed by atoms with E-state index in [9.17, 15) is 0 Å². The minimum atomic E-state index is 0. The molecule has 0 heterocycles. The summed E-state index contributed by atoms with van der Waals surface area (Å²) in [4.78, 5) is 0. The number of methoxy groups -OCH3 is 3. The Labute approximate surface area is 103 Å². The molecule has 0 fully saturated rings. The Morgan fingerprint density at radius 2 is 1.36 bits per heavy atom. The minimum Gasteiger partial charge on any atom is -1.00 e. The van der Waals surface area contributed by atoms with Gasteiger partial charge in [0.15, 0.2) is 0 Å². The van der Waals surface area contributed by atoms with E-state index in [1.54, 1.807) is 33.5 Å². The molecule has 14 heavy (non-hydrogen) atoms. The summed E-state index contributed by atoms with van der Waals surface area (Å²) in [5.74, 6) is 1.90. The molecule has 5 heteroatoms. The van der Waals surface area contributed by atoms with Gasteiger partial charge in [0.05, 0.1) is 27.4 Å². The Balaban J connectivity index is 0. The first-order valence-corrected chi connectivity index (χ1v) is 3.49. The molecular weight excluding hydrogens is 257 g/mol. The van der Waals surface area contributed by atoms with Crippen molar-refractivity contribution >= 4 is 0 Å². The maximum absolute atomic E-state index is 5.02. The summed E-state index contributed by atoms with van der Waals surface area (Å²) in [6, 6.07) is 6.37. The van der Waals surface area contributed by atoms with Crippen LogP contribution in [0.5, 0.6) is 17.2 Å². The van der Waals surface area contributed by atoms with E-state index in [0.717, 1.165) is 0 Å². The van der Waals surface area contributed by atoms with Gasteiger partial charge in [-0.05, 0) is 0 Å². The Morgan fingerprint density at radius 3 is 1.64 bits per heavy atom. The van der Waals surface area contributed by atoms with E-state index in [-0.39, 0.29) is 31.9 Å². The van der Waals surface area contributed by atoms with Crippen LogP contribution in [0.4, 0.5) is 0 Å². The quantitative estimate of drug-likeness (QED) is 0.625. The zero-order valence-corrected chi connectivity index (χ0v) is 12.2. The molecule has 0 aliphatic rings. The molecule has 0 saturated carbocycles. The maximum Gasteiger partial charge on any atom is 0.134 e. The van der Waals surface area contributed by atoms with Gasteiger partial charge in [-0.1, -0.05) is 0 Å². The fraction of sp³-hybridized carbons (Fsp3) is 0.333. The van der Waals surface area contributed by atoms with E-state index < -0.39 is 0 Å². The Kier molecular flexibility index (Phi) is 9.01. The second kappa shape index (κ2) is 7.89. The van der Waals surface area contributed by atoms with Gasteiger partial charge in [0.25, 0.3) is 0 Å². The van der Waals surface area contributed by atoms with E-state index in [1.807, 2.05) is 0 Å². The van der Waals surface area contributed by atoms with E-state index in [2.05, 4.69) is 6.07 Å². The summed E-state index contributed by atoms with van der Waals surface area (Å²) < 4.78 is 15.0. The molecule has 0 bridgehead atoms. The Morgan fingerprint density at radius 1 is 0.929 bits per heavy atom. The van der Waals surface area contributed by atoms with Gasteiger partial charge >= 0.3 is 0 Å². The molecule has 0 unspecified atom stereocenters. The van der Waals surface area contributed by atoms with Crippen LogP contribution in [0, 0.1) is 6.07 Å². The molecule has 0 N–H and O–H groups in total. The fourth-order valence-corrected chi connectivity index (χ4v) is 0.831. The van der Waals surface area contributed by atoms with Crippen molar-refractivity contribution in [1.82, 2.24) is 0 Å². The molecule has 0 amide bonds. The van der Waals surface area contributed by atoms with E-state index in [0.29, 0.717) is 17.2 Å². The molecule has 0 aromatic heterocycles. The smallest absolute Gasteiger partial charge is 0.134 e. The summed E-state index contributed by atoms with van der Waals surface area (Å²) in [5.41, 5.74) is 0. The van der Waals surface area contributed by atoms with Crippen LogP contribution < -0.4 is 26.6 Å². The monoisotopic (exact) mass is 266 g/mol. The normalized spacial score (nSPS) is 7.93. The number of hydrogen-bond donors (Lipinski definition) is 0. The van der Waals surface area contributed by atoms with Crippen molar-refractivity contribution in [1.29, 1.82) is 0 Å². The second-order valence-corrected chi connectivity index (χ2v) is 2.16. The van der Waals surface area contributed by atoms with Gasteiger partial charge in [0.2, 0.25) is 0 Å². The molecule has 0 aliphatic carbocycles. The molecule has 75 valence electrons. The number of halogens is 1. The van der Waals surface area contributed by atoms with Gasteiger partial charge in [-0.3, -0.25) is 0 Å². The second-order valence-electron chi connectivity index (χ2n) is 2.16. The Hall–Kier alpha value is -0.467. The van der Waals surface area contributed by atoms with Crippen molar-refractivity contribution in [2.45, 2.75) is 0 Å². The van der Waals surface area contributed by atoms with Gasteiger partial charge in [-0.25, -0.2) is 0 Å². The van der Waals surface area contributed by atoms with E-state index in [4.69, 9.17) is 14.2 Å². The first-order chi connectivity index (χ1) is 5.80. The molecule has 0 atom stereocenters. The molecule has 1 radical (unpaired) electrons. The number of benzene rings is 1. The van der Waals surface area contributed by atoms with E-state index in [1.165, 1.54) is 0 Å². The van der Waals surface area contributed by atoms with Gasteiger partial charge in [-0.2, -0.15) is 0 Å². The Bertz CT molecular complexity index is 213. The zero-order chi connectivity index (χ0) is 8.97. The number of rotatable bonds is 3. The van der Waals surface area contributed by atoms with Crippen LogP contribution >= 0.6 is 0 Å². The average Bonchev–Trinajstić information content (AvgIpc) is 2.16. The molecule has 1 aromatic rings. The molecule has 3 nitrogen and oxygen atoms in total. The molecule has 1 aromatic carbocycles. The summed E-state index contributed by atoms with van der Waals surface area (Å²) >= 11 is 0. The van der Waals surface area contributed by atoms with Crippen LogP contribution in [0.3, 0.4) is 0 Å². The molecular formula is C9H11ClO3Zn-. The van der Waals surface area contributed by atoms with Gasteiger partial charge in [0.1, 0.15) is 17.2 Å². The number of hydrogen-bond acceptors (Lipinski definition) is 3. The van der Waals surface area contributed by atoms with Crippen LogP contribution in [-0.4, -0.2) is 21.3 Å². The van der Waals surface area contributed by atoms with E-state index >= 15 is 0 Å². The molecule has 0 aliphatic heterocycles. The first-order valence-electron chi connectivity index (χ1n) is 3.49. The van der Waals surface area contributed by atoms with Crippen LogP contribution in [0.15, 0.2) is 12.1 Å². The van der Waals surface area contributed by atoms with Gasteiger partial charge in [0, 0.05) is 31.6 Å². The predicted molar refractivity (Wildman–Crippen MR) is 44.9 cm³/mol. The minimum absolute atomic E-state index is 0. The van der Waals surface area contributed by atoms with Crippen LogP contribution in [0.25, 0.3) is 0 Å². The fourth-order valence-electron chi connectivity index (χ4n) is 0.831. The maximum atomic E-state index is 5.02. The third kappa shape index (κ3) is 4.16. The SMILES string of the molecule is COc1[c]c(OC)cc(OC)c1.[Cl-].[Zn]. The standard InChI is InChI=1S/C9H11O3.ClH.Zn/c1-10-7-4-8(11-2)6-9(5-7)12-3;;/h4-5H,1-3H3;1H;/p-1. The largest absolute Gasteiger partial charge is 1.00 e. The summed E-state index contributed by atoms with van der Waals surface area (Å²) in [6.07, 6.45) is 0. The van der Waals surface area contributed by atoms with Crippen LogP contribution in [0.2, 0.25) is 0 Å². The van der Waals surface area contributed by atoms with Crippen molar-refractivity contribution in [2.75, 3.05) is 21.3 Å². The van der Waals surface area contributed by atoms with Gasteiger partial charge < -0.3 is 26.6 Å². The zero-order valence-electron chi connectivity index (χ0n) is 8.46. The molecule has 1 rings (SSSR count). The molecule has 0 saturated heterocycles. The topological polar surface area (TPSA) is 27.7 Å². The predicted octanol–water partition coefficient (Wildman–Crippen LogP) is -1.49. The van der Waals surface area contributed by atoms with Crippen molar-refractivity contribution in [3.63, 3.8) is 0 Å². The molecule has 0 spiro atoms. The van der Waals surface area contributed by atoms with Crippen LogP contribution in [-0.2, 0) is 19.5 Å². The van der Waals surface area contributed by atoms with Crippen molar-refractivity contribution in [3.05, 3.63) is 18.2 Å². The van der Waals surface area contributed by atoms with Gasteiger partial charge in [-0.15, -0.1) is 0 Å². The summed E-state index contributed by atoms with van der Waals surface area (Å²) in [7, 11) is 4.74. The van der Waals surface area contributed by atoms with Crippen molar-refractivity contribution < 1.29 is 46.1 Å². The third-order valence-corrected chi connectivity index (χ3v) is 1.47. The van der Waals surface area contributed by atoms with Crippen molar-refractivity contribution in [3.8, 4) is 17.2 Å². The summed E-state index contributed by atoms with van der Waals surface area (Å²) in [5, 5.41) is 0. The third-order valence-electron chi connectivity index (χ3n) is 1.47. The van der Waals surface area contributed by atoms with Crippen LogP contribution in [0.1, 0.15) is 0 Å². The average molecular weight is 268 g/mol. The van der Waals surface area contributed by atoms with Crippen molar-refractivity contribution in [2.24, 2.45) is 0 Å². The number of ether oxygens (including phenoxy) is 3.